The zero-order valence-corrected chi connectivity index (χ0v) is 39.7. The van der Waals surface area contributed by atoms with Gasteiger partial charge in [0, 0.05) is 6.42 Å². The molecule has 376 valence electrons. The summed E-state index contributed by atoms with van der Waals surface area (Å²) >= 11 is 0. The van der Waals surface area contributed by atoms with E-state index in [9.17, 15) is 45.6 Å². The molecule has 2 heterocycles. The van der Waals surface area contributed by atoms with Crippen molar-refractivity contribution in [3.05, 3.63) is 60.8 Å². The van der Waals surface area contributed by atoms with E-state index in [2.05, 4.69) is 67.8 Å². The van der Waals surface area contributed by atoms with Gasteiger partial charge >= 0.3 is 0 Å². The maximum Gasteiger partial charge on any atom is 0.220 e. The molecule has 14 nitrogen and oxygen atoms in total. The lowest BCUT2D eigenvalue weighted by Gasteiger charge is -2.46. The average molecular weight is 924 g/mol. The Bertz CT molecular complexity index is 1320. The quantitative estimate of drug-likeness (QED) is 0.0248. The molecule has 0 spiro atoms. The van der Waals surface area contributed by atoms with Gasteiger partial charge in [-0.3, -0.25) is 4.79 Å². The molecule has 2 aliphatic heterocycles. The molecule has 0 aliphatic carbocycles. The van der Waals surface area contributed by atoms with Gasteiger partial charge in [0.05, 0.1) is 32.0 Å². The van der Waals surface area contributed by atoms with E-state index >= 15 is 0 Å². The van der Waals surface area contributed by atoms with Crippen LogP contribution in [0.5, 0.6) is 0 Å². The number of allylic oxidation sites excluding steroid dienone is 9. The molecule has 0 aromatic carbocycles. The van der Waals surface area contributed by atoms with Gasteiger partial charge in [-0.05, 0) is 70.6 Å². The van der Waals surface area contributed by atoms with E-state index < -0.39 is 86.8 Å². The Morgan fingerprint density at radius 2 is 1.03 bits per heavy atom. The monoisotopic (exact) mass is 924 g/mol. The molecule has 2 fully saturated rings. The summed E-state index contributed by atoms with van der Waals surface area (Å²) in [6.45, 7) is 2.68. The molecular weight excluding hydrogens is 835 g/mol. The fourth-order valence-corrected chi connectivity index (χ4v) is 7.78. The Kier molecular flexibility index (Phi) is 34.1. The van der Waals surface area contributed by atoms with E-state index in [1.807, 2.05) is 6.08 Å². The lowest BCUT2D eigenvalue weighted by molar-refractivity contribution is -0.359. The third-order valence-electron chi connectivity index (χ3n) is 11.9. The summed E-state index contributed by atoms with van der Waals surface area (Å²) in [5, 5.41) is 86.5. The van der Waals surface area contributed by atoms with Gasteiger partial charge in [-0.15, -0.1) is 0 Å². The van der Waals surface area contributed by atoms with Crippen LogP contribution in [0.1, 0.15) is 162 Å². The molecule has 12 unspecified atom stereocenters. The Morgan fingerprint density at radius 3 is 1.63 bits per heavy atom. The normalized spacial score (nSPS) is 27.5. The zero-order valence-electron chi connectivity index (χ0n) is 39.7. The van der Waals surface area contributed by atoms with Gasteiger partial charge in [0.15, 0.2) is 12.6 Å². The summed E-state index contributed by atoms with van der Waals surface area (Å²) in [5.74, 6) is -0.267. The van der Waals surface area contributed by atoms with Crippen molar-refractivity contribution in [3.8, 4) is 0 Å². The summed E-state index contributed by atoms with van der Waals surface area (Å²) in [7, 11) is 0. The molecule has 1 amide bonds. The minimum absolute atomic E-state index is 0.256. The van der Waals surface area contributed by atoms with Crippen molar-refractivity contribution in [1.82, 2.24) is 5.32 Å². The van der Waals surface area contributed by atoms with E-state index in [4.69, 9.17) is 18.9 Å². The Morgan fingerprint density at radius 1 is 0.554 bits per heavy atom. The SMILES string of the molecule is CCCCCC/C=C/CC/C=C/C(O)C(COC1OC(CO)C(OC2OC(CO)C(O)C(O)C2O)C(O)C1O)NC(=O)CCCCCCCC/C=C\C/C=C\C/C=C\CCCCCCC. The Hall–Kier alpha value is -2.31. The fourth-order valence-electron chi connectivity index (χ4n) is 7.78. The molecule has 2 rings (SSSR count). The summed E-state index contributed by atoms with van der Waals surface area (Å²) in [4.78, 5) is 13.1. The number of carbonyl (C=O) groups is 1. The predicted molar refractivity (Wildman–Crippen MR) is 254 cm³/mol. The molecule has 9 N–H and O–H groups in total. The van der Waals surface area contributed by atoms with E-state index in [1.165, 1.54) is 57.8 Å². The molecule has 2 aliphatic rings. The molecule has 0 aromatic rings. The lowest BCUT2D eigenvalue weighted by atomic mass is 9.97. The lowest BCUT2D eigenvalue weighted by Crippen LogP contribution is -2.65. The fraction of sp³-hybridized carbons (Fsp3) is 0.784. The first-order valence-corrected chi connectivity index (χ1v) is 25.0. The second-order valence-corrected chi connectivity index (χ2v) is 17.6. The smallest absolute Gasteiger partial charge is 0.220 e. The van der Waals surface area contributed by atoms with Crippen molar-refractivity contribution in [2.45, 2.75) is 235 Å². The van der Waals surface area contributed by atoms with Crippen LogP contribution in [0.3, 0.4) is 0 Å². The number of hydrogen-bond donors (Lipinski definition) is 9. The second kappa shape index (κ2) is 37.6. The van der Waals surface area contributed by atoms with Crippen LogP contribution in [0, 0.1) is 0 Å². The minimum atomic E-state index is -1.79. The zero-order chi connectivity index (χ0) is 47.5. The van der Waals surface area contributed by atoms with Gasteiger partial charge in [0.2, 0.25) is 5.91 Å². The highest BCUT2D eigenvalue weighted by Gasteiger charge is 2.51. The standard InChI is InChI=1S/C51H89NO13/c1-3-5-7-9-11-13-15-16-17-18-19-20-21-22-23-24-25-27-29-31-33-35-43(56)52-39(40(55)34-32-30-28-26-14-12-10-8-6-4-2)38-62-50-48(61)46(59)49(42(37-54)64-50)65-51-47(60)45(58)44(57)41(36-53)63-51/h14-16,18-19,21-22,26,32,34,39-42,44-51,53-55,57-61H,3-13,17,20,23-25,27-31,33,35-38H2,1-2H3,(H,52,56)/b16-15-,19-18-,22-21-,26-14+,34-32+. The summed E-state index contributed by atoms with van der Waals surface area (Å²) in [5.41, 5.74) is 0. The van der Waals surface area contributed by atoms with Gasteiger partial charge in [-0.25, -0.2) is 0 Å². The maximum absolute atomic E-state index is 13.1. The van der Waals surface area contributed by atoms with Gasteiger partial charge in [-0.2, -0.15) is 0 Å². The highest BCUT2D eigenvalue weighted by Crippen LogP contribution is 2.30. The van der Waals surface area contributed by atoms with Crippen molar-refractivity contribution in [2.75, 3.05) is 19.8 Å². The summed E-state index contributed by atoms with van der Waals surface area (Å²) in [6, 6.07) is -0.938. The number of unbranched alkanes of at least 4 members (excludes halogenated alkanes) is 16. The van der Waals surface area contributed by atoms with E-state index in [-0.39, 0.29) is 18.9 Å². The van der Waals surface area contributed by atoms with Crippen LogP contribution in [-0.4, -0.2) is 140 Å². The summed E-state index contributed by atoms with van der Waals surface area (Å²) in [6.07, 6.45) is 28.4. The van der Waals surface area contributed by atoms with E-state index in [0.29, 0.717) is 12.8 Å². The van der Waals surface area contributed by atoms with Crippen molar-refractivity contribution in [3.63, 3.8) is 0 Å². The van der Waals surface area contributed by atoms with Crippen LogP contribution >= 0.6 is 0 Å². The number of amides is 1. The van der Waals surface area contributed by atoms with E-state index in [1.54, 1.807) is 6.08 Å². The van der Waals surface area contributed by atoms with E-state index in [0.717, 1.165) is 70.6 Å². The van der Waals surface area contributed by atoms with Crippen molar-refractivity contribution in [1.29, 1.82) is 0 Å². The number of rotatable bonds is 37. The summed E-state index contributed by atoms with van der Waals surface area (Å²) < 4.78 is 22.6. The van der Waals surface area contributed by atoms with Crippen LogP contribution in [0.2, 0.25) is 0 Å². The van der Waals surface area contributed by atoms with Gasteiger partial charge in [0.25, 0.3) is 0 Å². The maximum atomic E-state index is 13.1. The number of nitrogens with one attached hydrogen (secondary N) is 1. The van der Waals surface area contributed by atoms with Crippen LogP contribution in [0.4, 0.5) is 0 Å². The highest BCUT2D eigenvalue weighted by atomic mass is 16.7. The van der Waals surface area contributed by atoms with Crippen molar-refractivity contribution < 1.29 is 64.6 Å². The Labute approximate surface area is 390 Å². The number of aliphatic hydroxyl groups excluding tert-OH is 8. The largest absolute Gasteiger partial charge is 0.394 e. The van der Waals surface area contributed by atoms with Crippen LogP contribution < -0.4 is 5.32 Å². The molecule has 0 aromatic heterocycles. The molecule has 0 bridgehead atoms. The molecule has 2 saturated heterocycles. The van der Waals surface area contributed by atoms with Crippen LogP contribution in [0.15, 0.2) is 60.8 Å². The first-order chi connectivity index (χ1) is 31.6. The minimum Gasteiger partial charge on any atom is -0.394 e. The van der Waals surface area contributed by atoms with Gasteiger partial charge in [0.1, 0.15) is 48.8 Å². The Balaban J connectivity index is 1.82. The van der Waals surface area contributed by atoms with Crippen molar-refractivity contribution >= 4 is 5.91 Å². The molecular formula is C51H89NO13. The molecule has 14 heteroatoms. The first-order valence-electron chi connectivity index (χ1n) is 25.0. The van der Waals surface area contributed by atoms with Gasteiger partial charge in [-0.1, -0.05) is 145 Å². The van der Waals surface area contributed by atoms with Gasteiger partial charge < -0.3 is 65.1 Å². The number of hydrogen-bond acceptors (Lipinski definition) is 13. The van der Waals surface area contributed by atoms with Crippen LogP contribution in [0.25, 0.3) is 0 Å². The predicted octanol–water partition coefficient (Wildman–Crippen LogP) is 6.27. The first kappa shape index (κ1) is 58.8. The van der Waals surface area contributed by atoms with Crippen LogP contribution in [-0.2, 0) is 23.7 Å². The third-order valence-corrected chi connectivity index (χ3v) is 11.9. The average Bonchev–Trinajstić information content (AvgIpc) is 3.30. The molecule has 65 heavy (non-hydrogen) atoms. The second-order valence-electron chi connectivity index (χ2n) is 17.6. The third kappa shape index (κ3) is 25.0. The number of aliphatic hydroxyl groups is 8. The number of carbonyl (C=O) groups excluding carboxylic acids is 1. The highest BCUT2D eigenvalue weighted by molar-refractivity contribution is 5.76. The van der Waals surface area contributed by atoms with Crippen molar-refractivity contribution in [2.24, 2.45) is 0 Å². The number of ether oxygens (including phenoxy) is 4. The topological polar surface area (TPSA) is 228 Å². The molecule has 0 radical (unpaired) electrons. The molecule has 0 saturated carbocycles. The molecule has 12 atom stereocenters.